The van der Waals surface area contributed by atoms with Gasteiger partial charge in [-0.15, -0.1) is 11.8 Å². The molecule has 1 saturated heterocycles. The lowest BCUT2D eigenvalue weighted by Crippen LogP contribution is -2.26. The SMILES string of the molecule is CSc1ccc([C@@H]2CC(=O)Nc3c2c(C)nn3[C@H]2CCS(=O)(=O)C2)cc1. The van der Waals surface area contributed by atoms with Gasteiger partial charge >= 0.3 is 0 Å². The highest BCUT2D eigenvalue weighted by Gasteiger charge is 2.37. The van der Waals surface area contributed by atoms with E-state index in [9.17, 15) is 13.2 Å². The number of aryl methyl sites for hydroxylation is 1. The van der Waals surface area contributed by atoms with Crippen molar-refractivity contribution >= 4 is 33.3 Å². The van der Waals surface area contributed by atoms with E-state index in [2.05, 4.69) is 34.7 Å². The summed E-state index contributed by atoms with van der Waals surface area (Å²) in [7, 11) is -3.02. The fraction of sp³-hybridized carbons (Fsp3) is 0.444. The van der Waals surface area contributed by atoms with E-state index in [0.29, 0.717) is 18.7 Å². The molecule has 2 aromatic rings. The summed E-state index contributed by atoms with van der Waals surface area (Å²) in [5.41, 5.74) is 2.94. The lowest BCUT2D eigenvalue weighted by Gasteiger charge is -2.25. The number of rotatable bonds is 3. The van der Waals surface area contributed by atoms with Crippen LogP contribution in [0, 0.1) is 6.92 Å². The number of benzene rings is 1. The van der Waals surface area contributed by atoms with Crippen LogP contribution in [0.25, 0.3) is 0 Å². The van der Waals surface area contributed by atoms with Gasteiger partial charge in [0.2, 0.25) is 5.91 Å². The van der Waals surface area contributed by atoms with Crippen molar-refractivity contribution in [3.05, 3.63) is 41.1 Å². The van der Waals surface area contributed by atoms with E-state index in [1.807, 2.05) is 13.2 Å². The predicted molar refractivity (Wildman–Crippen MR) is 103 cm³/mol. The van der Waals surface area contributed by atoms with E-state index in [1.54, 1.807) is 16.4 Å². The molecule has 26 heavy (non-hydrogen) atoms. The van der Waals surface area contributed by atoms with Gasteiger partial charge in [-0.2, -0.15) is 5.10 Å². The molecule has 8 heteroatoms. The van der Waals surface area contributed by atoms with Gasteiger partial charge in [0.1, 0.15) is 5.82 Å². The Morgan fingerprint density at radius 1 is 1.27 bits per heavy atom. The highest BCUT2D eigenvalue weighted by molar-refractivity contribution is 7.98. The number of fused-ring (bicyclic) bond motifs is 1. The molecular formula is C18H21N3O3S2. The summed E-state index contributed by atoms with van der Waals surface area (Å²) in [6, 6.07) is 8.05. The monoisotopic (exact) mass is 391 g/mol. The maximum absolute atomic E-state index is 12.4. The molecule has 2 atom stereocenters. The summed E-state index contributed by atoms with van der Waals surface area (Å²) in [6.45, 7) is 1.93. The minimum atomic E-state index is -3.02. The topological polar surface area (TPSA) is 81.1 Å². The number of thioether (sulfide) groups is 1. The van der Waals surface area contributed by atoms with Crippen molar-refractivity contribution in [2.24, 2.45) is 0 Å². The zero-order valence-corrected chi connectivity index (χ0v) is 16.4. The molecule has 1 N–H and O–H groups in total. The van der Waals surface area contributed by atoms with Gasteiger partial charge in [0, 0.05) is 22.8 Å². The molecule has 1 aromatic heterocycles. The molecule has 0 aliphatic carbocycles. The minimum absolute atomic E-state index is 0.0542. The number of carbonyl (C=O) groups excluding carboxylic acids is 1. The van der Waals surface area contributed by atoms with Gasteiger partial charge in [-0.3, -0.25) is 4.79 Å². The van der Waals surface area contributed by atoms with Gasteiger partial charge in [0.15, 0.2) is 9.84 Å². The maximum Gasteiger partial charge on any atom is 0.226 e. The molecule has 0 bridgehead atoms. The third kappa shape index (κ3) is 3.05. The van der Waals surface area contributed by atoms with Crippen LogP contribution in [0.15, 0.2) is 29.2 Å². The Balaban J connectivity index is 1.77. The Labute approximate surface area is 157 Å². The summed E-state index contributed by atoms with van der Waals surface area (Å²) >= 11 is 1.68. The van der Waals surface area contributed by atoms with E-state index in [4.69, 9.17) is 0 Å². The Hall–Kier alpha value is -1.80. The van der Waals surface area contributed by atoms with Gasteiger partial charge in [-0.1, -0.05) is 12.1 Å². The summed E-state index contributed by atoms with van der Waals surface area (Å²) in [5.74, 6) is 0.821. The molecule has 4 rings (SSSR count). The number of carbonyl (C=O) groups is 1. The number of nitrogens with one attached hydrogen (secondary N) is 1. The number of nitrogens with zero attached hydrogens (tertiary/aromatic N) is 2. The predicted octanol–water partition coefficient (Wildman–Crippen LogP) is 2.75. The minimum Gasteiger partial charge on any atom is -0.311 e. The van der Waals surface area contributed by atoms with Gasteiger partial charge in [0.05, 0.1) is 23.2 Å². The highest BCUT2D eigenvalue weighted by Crippen LogP contribution is 2.41. The van der Waals surface area contributed by atoms with Crippen molar-refractivity contribution in [1.82, 2.24) is 9.78 Å². The van der Waals surface area contributed by atoms with Gasteiger partial charge < -0.3 is 5.32 Å². The quantitative estimate of drug-likeness (QED) is 0.814. The van der Waals surface area contributed by atoms with Crippen LogP contribution >= 0.6 is 11.8 Å². The first-order valence-corrected chi connectivity index (χ1v) is 11.7. The molecule has 6 nitrogen and oxygen atoms in total. The second-order valence-electron chi connectivity index (χ2n) is 6.93. The van der Waals surface area contributed by atoms with E-state index >= 15 is 0 Å². The average Bonchev–Trinajstić information content (AvgIpc) is 3.13. The van der Waals surface area contributed by atoms with Crippen molar-refractivity contribution in [2.75, 3.05) is 23.1 Å². The number of hydrogen-bond acceptors (Lipinski definition) is 5. The van der Waals surface area contributed by atoms with Crippen molar-refractivity contribution in [2.45, 2.75) is 36.6 Å². The van der Waals surface area contributed by atoms with Crippen LogP contribution in [-0.4, -0.2) is 41.9 Å². The summed E-state index contributed by atoms with van der Waals surface area (Å²) in [5, 5.41) is 7.56. The lowest BCUT2D eigenvalue weighted by atomic mass is 9.86. The van der Waals surface area contributed by atoms with Crippen molar-refractivity contribution in [1.29, 1.82) is 0 Å². The Kier molecular flexibility index (Phi) is 4.35. The van der Waals surface area contributed by atoms with Crippen molar-refractivity contribution in [3.63, 3.8) is 0 Å². The van der Waals surface area contributed by atoms with Crippen LogP contribution in [0.1, 0.15) is 41.6 Å². The fourth-order valence-corrected chi connectivity index (χ4v) is 6.03. The third-order valence-corrected chi connectivity index (χ3v) is 7.69. The van der Waals surface area contributed by atoms with Crippen molar-refractivity contribution < 1.29 is 13.2 Å². The first kappa shape index (κ1) is 17.6. The Morgan fingerprint density at radius 3 is 2.62 bits per heavy atom. The molecule has 3 heterocycles. The molecule has 138 valence electrons. The molecule has 2 aliphatic rings. The summed E-state index contributed by atoms with van der Waals surface area (Å²) in [6.07, 6.45) is 2.95. The molecule has 0 radical (unpaired) electrons. The van der Waals surface area contributed by atoms with Crippen LogP contribution in [-0.2, 0) is 14.6 Å². The smallest absolute Gasteiger partial charge is 0.226 e. The summed E-state index contributed by atoms with van der Waals surface area (Å²) in [4.78, 5) is 13.5. The summed E-state index contributed by atoms with van der Waals surface area (Å²) < 4.78 is 25.5. The molecule has 1 aromatic carbocycles. The van der Waals surface area contributed by atoms with E-state index in [1.165, 1.54) is 4.90 Å². The van der Waals surface area contributed by atoms with Crippen LogP contribution < -0.4 is 5.32 Å². The average molecular weight is 392 g/mol. The molecule has 1 fully saturated rings. The standard InChI is InChI=1S/C18H21N3O3S2/c1-11-17-15(12-3-5-14(25-2)6-4-12)9-16(22)19-18(17)21(20-11)13-7-8-26(23,24)10-13/h3-6,13,15H,7-10H2,1-2H3,(H,19,22)/t13-,15-/m0/s1. The Morgan fingerprint density at radius 2 is 2.00 bits per heavy atom. The molecule has 0 spiro atoms. The lowest BCUT2D eigenvalue weighted by molar-refractivity contribution is -0.116. The number of anilines is 1. The van der Waals surface area contributed by atoms with Gasteiger partial charge in [0.25, 0.3) is 0 Å². The third-order valence-electron chi connectivity index (χ3n) is 5.20. The molecule has 1 amide bonds. The fourth-order valence-electron chi connectivity index (χ4n) is 3.93. The van der Waals surface area contributed by atoms with E-state index in [0.717, 1.165) is 16.8 Å². The zero-order chi connectivity index (χ0) is 18.5. The van der Waals surface area contributed by atoms with Gasteiger partial charge in [-0.05, 0) is 37.3 Å². The molecule has 2 aliphatic heterocycles. The maximum atomic E-state index is 12.4. The number of amides is 1. The normalized spacial score (nSPS) is 24.3. The second-order valence-corrected chi connectivity index (χ2v) is 10.0. The first-order chi connectivity index (χ1) is 12.4. The van der Waals surface area contributed by atoms with Crippen LogP contribution in [0.4, 0.5) is 5.82 Å². The zero-order valence-electron chi connectivity index (χ0n) is 14.7. The number of sulfone groups is 1. The largest absolute Gasteiger partial charge is 0.311 e. The highest BCUT2D eigenvalue weighted by atomic mass is 32.2. The van der Waals surface area contributed by atoms with Crippen LogP contribution in [0.5, 0.6) is 0 Å². The molecule has 0 unspecified atom stereocenters. The molecular weight excluding hydrogens is 370 g/mol. The first-order valence-electron chi connectivity index (χ1n) is 8.61. The molecule has 0 saturated carbocycles. The van der Waals surface area contributed by atoms with Crippen LogP contribution in [0.2, 0.25) is 0 Å². The van der Waals surface area contributed by atoms with Crippen LogP contribution in [0.3, 0.4) is 0 Å². The second kappa shape index (κ2) is 6.42. The number of aromatic nitrogens is 2. The van der Waals surface area contributed by atoms with Crippen molar-refractivity contribution in [3.8, 4) is 0 Å². The van der Waals surface area contributed by atoms with E-state index in [-0.39, 0.29) is 29.4 Å². The number of hydrogen-bond donors (Lipinski definition) is 1. The Bertz CT molecular complexity index is 964. The van der Waals surface area contributed by atoms with Gasteiger partial charge in [-0.25, -0.2) is 13.1 Å². The van der Waals surface area contributed by atoms with E-state index < -0.39 is 9.84 Å².